The van der Waals surface area contributed by atoms with E-state index in [1.54, 1.807) is 0 Å². The van der Waals surface area contributed by atoms with Gasteiger partial charge in [-0.3, -0.25) is 20.1 Å². The molecule has 4 N–H and O–H groups in total. The topological polar surface area (TPSA) is 95.4 Å². The van der Waals surface area contributed by atoms with E-state index in [1.807, 2.05) is 0 Å². The van der Waals surface area contributed by atoms with Crippen LogP contribution in [0.25, 0.3) is 0 Å². The molecular formula is C2H10N2O3P2. The van der Waals surface area contributed by atoms with Crippen molar-refractivity contribution in [3.63, 3.8) is 0 Å². The van der Waals surface area contributed by atoms with E-state index in [9.17, 15) is 9.13 Å². The van der Waals surface area contributed by atoms with Crippen molar-refractivity contribution < 1.29 is 13.4 Å². The molecule has 0 saturated carbocycles. The minimum Gasteiger partial charge on any atom is -0.275 e. The van der Waals surface area contributed by atoms with Crippen molar-refractivity contribution in [1.82, 2.24) is 0 Å². The summed E-state index contributed by atoms with van der Waals surface area (Å²) in [5, 5.41) is 0. The molecule has 0 saturated heterocycles. The number of nitrogens with two attached hydrogens (primary N) is 2. The molecular weight excluding hydrogens is 162 g/mol. The SMILES string of the molecule is CP(N)(=O)OP(C)(N)=O. The van der Waals surface area contributed by atoms with Crippen molar-refractivity contribution in [1.29, 1.82) is 0 Å². The van der Waals surface area contributed by atoms with E-state index in [-0.39, 0.29) is 0 Å². The molecule has 7 heteroatoms. The minimum absolute atomic E-state index is 1.15. The summed E-state index contributed by atoms with van der Waals surface area (Å²) >= 11 is 0. The minimum atomic E-state index is -3.18. The second kappa shape index (κ2) is 2.52. The fourth-order valence-electron chi connectivity index (χ4n) is 0.322. The molecule has 0 spiro atoms. The van der Waals surface area contributed by atoms with Gasteiger partial charge in [0.1, 0.15) is 0 Å². The Morgan fingerprint density at radius 2 is 1.33 bits per heavy atom. The highest BCUT2D eigenvalue weighted by molar-refractivity contribution is 7.68. The highest BCUT2D eigenvalue weighted by atomic mass is 31.2. The molecule has 0 heterocycles. The third kappa shape index (κ3) is 8.34. The molecule has 2 unspecified atom stereocenters. The fourth-order valence-corrected chi connectivity index (χ4v) is 2.90. The van der Waals surface area contributed by atoms with Crippen molar-refractivity contribution in [2.45, 2.75) is 0 Å². The van der Waals surface area contributed by atoms with Crippen LogP contribution >= 0.6 is 15.0 Å². The number of hydrogen-bond acceptors (Lipinski definition) is 3. The quantitative estimate of drug-likeness (QED) is 0.593. The van der Waals surface area contributed by atoms with Gasteiger partial charge in [0.05, 0.1) is 0 Å². The first-order valence-corrected chi connectivity index (χ1v) is 6.42. The van der Waals surface area contributed by atoms with Gasteiger partial charge in [-0.2, -0.15) is 0 Å². The summed E-state index contributed by atoms with van der Waals surface area (Å²) in [6.07, 6.45) is 0. The van der Waals surface area contributed by atoms with E-state index in [4.69, 9.17) is 11.0 Å². The monoisotopic (exact) mass is 172 g/mol. The van der Waals surface area contributed by atoms with Crippen molar-refractivity contribution >= 4 is 15.0 Å². The Hall–Kier alpha value is 0.340. The van der Waals surface area contributed by atoms with Gasteiger partial charge in [0.2, 0.25) is 0 Å². The average Bonchev–Trinajstić information content (AvgIpc) is 1.14. The molecule has 2 atom stereocenters. The second-order valence-corrected chi connectivity index (χ2v) is 6.19. The largest absolute Gasteiger partial charge is 0.275 e. The third-order valence-electron chi connectivity index (χ3n) is 0.324. The maximum Gasteiger partial charge on any atom is 0.270 e. The van der Waals surface area contributed by atoms with Crippen LogP contribution in [0.3, 0.4) is 0 Å². The van der Waals surface area contributed by atoms with Gasteiger partial charge in [-0.1, -0.05) is 0 Å². The Bertz CT molecular complexity index is 158. The molecule has 0 aliphatic rings. The maximum absolute atomic E-state index is 10.5. The van der Waals surface area contributed by atoms with Crippen LogP contribution in [0.1, 0.15) is 0 Å². The van der Waals surface area contributed by atoms with Gasteiger partial charge in [-0.25, -0.2) is 4.31 Å². The fraction of sp³-hybridized carbons (Fsp3) is 1.00. The average molecular weight is 172 g/mol. The summed E-state index contributed by atoms with van der Waals surface area (Å²) in [4.78, 5) is 0. The molecule has 0 aliphatic carbocycles. The van der Waals surface area contributed by atoms with Gasteiger partial charge in [0, 0.05) is 13.3 Å². The van der Waals surface area contributed by atoms with Crippen molar-refractivity contribution in [2.75, 3.05) is 13.3 Å². The first-order chi connectivity index (χ1) is 3.71. The summed E-state index contributed by atoms with van der Waals surface area (Å²) in [5.41, 5.74) is 9.81. The van der Waals surface area contributed by atoms with E-state index in [0.29, 0.717) is 0 Å². The molecule has 0 rings (SSSR count). The molecule has 0 aromatic rings. The van der Waals surface area contributed by atoms with Crippen LogP contribution in [0.5, 0.6) is 0 Å². The van der Waals surface area contributed by atoms with Crippen LogP contribution in [-0.4, -0.2) is 13.3 Å². The number of rotatable bonds is 2. The Morgan fingerprint density at radius 1 is 1.11 bits per heavy atom. The molecule has 9 heavy (non-hydrogen) atoms. The Morgan fingerprint density at radius 3 is 1.33 bits per heavy atom. The molecule has 0 aromatic heterocycles. The molecule has 0 fully saturated rings. The Balaban J connectivity index is 4.07. The first kappa shape index (κ1) is 9.34. The lowest BCUT2D eigenvalue weighted by molar-refractivity contribution is 0.466. The van der Waals surface area contributed by atoms with Crippen molar-refractivity contribution in [3.8, 4) is 0 Å². The summed E-state index contributed by atoms with van der Waals surface area (Å²) < 4.78 is 25.4. The lowest BCUT2D eigenvalue weighted by Gasteiger charge is -2.10. The normalized spacial score (nSPS) is 24.4. The van der Waals surface area contributed by atoms with Crippen LogP contribution in [-0.2, 0) is 13.4 Å². The zero-order valence-corrected chi connectivity index (χ0v) is 7.06. The third-order valence-corrected chi connectivity index (χ3v) is 2.92. The van der Waals surface area contributed by atoms with Gasteiger partial charge >= 0.3 is 0 Å². The number of hydrogen-bond donors (Lipinski definition) is 2. The summed E-state index contributed by atoms with van der Waals surface area (Å²) in [6, 6.07) is 0. The van der Waals surface area contributed by atoms with E-state index < -0.39 is 15.0 Å². The Kier molecular flexibility index (Phi) is 2.62. The molecule has 0 aromatic carbocycles. The molecule has 56 valence electrons. The van der Waals surface area contributed by atoms with E-state index >= 15 is 0 Å². The van der Waals surface area contributed by atoms with E-state index in [1.165, 1.54) is 0 Å². The highest BCUT2D eigenvalue weighted by Crippen LogP contribution is 2.49. The molecule has 5 nitrogen and oxygen atoms in total. The summed E-state index contributed by atoms with van der Waals surface area (Å²) in [6.45, 7) is 2.30. The predicted octanol–water partition coefficient (Wildman–Crippen LogP) is 0.566. The van der Waals surface area contributed by atoms with Crippen LogP contribution in [0, 0.1) is 0 Å². The highest BCUT2D eigenvalue weighted by Gasteiger charge is 2.18. The van der Waals surface area contributed by atoms with E-state index in [0.717, 1.165) is 13.3 Å². The summed E-state index contributed by atoms with van der Waals surface area (Å²) in [5.74, 6) is 0. The Labute approximate surface area is 53.8 Å². The molecule has 0 aliphatic heterocycles. The zero-order chi connectivity index (χ0) is 7.71. The zero-order valence-electron chi connectivity index (χ0n) is 5.27. The maximum atomic E-state index is 10.5. The van der Waals surface area contributed by atoms with Gasteiger partial charge < -0.3 is 0 Å². The van der Waals surface area contributed by atoms with Gasteiger partial charge in [-0.05, 0) is 0 Å². The van der Waals surface area contributed by atoms with Crippen LogP contribution in [0.15, 0.2) is 0 Å². The lowest BCUT2D eigenvalue weighted by Crippen LogP contribution is -2.00. The van der Waals surface area contributed by atoms with Gasteiger partial charge in [0.25, 0.3) is 15.0 Å². The predicted molar refractivity (Wildman–Crippen MR) is 36.5 cm³/mol. The van der Waals surface area contributed by atoms with Crippen LogP contribution in [0.2, 0.25) is 0 Å². The molecule has 0 amide bonds. The van der Waals surface area contributed by atoms with Gasteiger partial charge in [-0.15, -0.1) is 0 Å². The van der Waals surface area contributed by atoms with Gasteiger partial charge in [0.15, 0.2) is 0 Å². The second-order valence-electron chi connectivity index (χ2n) is 1.90. The van der Waals surface area contributed by atoms with E-state index in [2.05, 4.69) is 4.31 Å². The van der Waals surface area contributed by atoms with Crippen molar-refractivity contribution in [2.24, 2.45) is 11.0 Å². The molecule has 0 bridgehead atoms. The summed E-state index contributed by atoms with van der Waals surface area (Å²) in [7, 11) is -6.35. The smallest absolute Gasteiger partial charge is 0.270 e. The standard InChI is InChI=1S/C2H10N2O3P2/c1-8(3,5)7-9(2,4)6/h1-2H3,(H2,3,5)(H2,4,6). The van der Waals surface area contributed by atoms with Crippen LogP contribution < -0.4 is 11.0 Å². The van der Waals surface area contributed by atoms with Crippen LogP contribution in [0.4, 0.5) is 0 Å². The lowest BCUT2D eigenvalue weighted by atomic mass is 12.0. The van der Waals surface area contributed by atoms with Crippen molar-refractivity contribution in [3.05, 3.63) is 0 Å². The first-order valence-electron chi connectivity index (χ1n) is 2.14. The molecule has 0 radical (unpaired) electrons.